The van der Waals surface area contributed by atoms with E-state index in [0.29, 0.717) is 22.9 Å². The van der Waals surface area contributed by atoms with Gasteiger partial charge in [-0.15, -0.1) is 22.7 Å². The number of amides is 1. The first-order chi connectivity index (χ1) is 14.8. The van der Waals surface area contributed by atoms with Crippen molar-refractivity contribution in [2.24, 2.45) is 0 Å². The molecule has 0 aliphatic rings. The summed E-state index contributed by atoms with van der Waals surface area (Å²) in [4.78, 5) is 17.8. The normalized spacial score (nSPS) is 11.6. The molecule has 0 bridgehead atoms. The van der Waals surface area contributed by atoms with Crippen molar-refractivity contribution in [3.8, 4) is 16.3 Å². The van der Waals surface area contributed by atoms with E-state index in [1.54, 1.807) is 41.8 Å². The number of nitrogen functional groups attached to an aromatic ring is 1. The quantitative estimate of drug-likeness (QED) is 0.365. The third-order valence-corrected chi connectivity index (χ3v) is 6.38. The van der Waals surface area contributed by atoms with Crippen LogP contribution < -0.4 is 15.8 Å². The van der Waals surface area contributed by atoms with Crippen molar-refractivity contribution in [1.29, 1.82) is 0 Å². The largest absolute Gasteiger partial charge is 0.494 e. The van der Waals surface area contributed by atoms with Crippen molar-refractivity contribution >= 4 is 50.2 Å². The van der Waals surface area contributed by atoms with Crippen LogP contribution in [0.3, 0.4) is 0 Å². The van der Waals surface area contributed by atoms with Gasteiger partial charge in [-0.05, 0) is 36.6 Å². The van der Waals surface area contributed by atoms with Crippen LogP contribution in [0.5, 0.6) is 5.75 Å². The Hall–Kier alpha value is -3.11. The van der Waals surface area contributed by atoms with Gasteiger partial charge in [0.1, 0.15) is 15.5 Å². The fourth-order valence-corrected chi connectivity index (χ4v) is 4.78. The Bertz CT molecular complexity index is 1250. The Kier molecular flexibility index (Phi) is 5.59. The molecule has 4 rings (SSSR count). The summed E-state index contributed by atoms with van der Waals surface area (Å²) in [6.45, 7) is 2.29. The van der Waals surface area contributed by atoms with Crippen molar-refractivity contribution in [1.82, 2.24) is 4.98 Å². The Morgan fingerprint density at radius 2 is 2.03 bits per heavy atom. The molecule has 0 aliphatic heterocycles. The van der Waals surface area contributed by atoms with Crippen molar-refractivity contribution in [2.45, 2.75) is 13.1 Å². The van der Waals surface area contributed by atoms with Gasteiger partial charge in [-0.2, -0.15) is 13.2 Å². The Morgan fingerprint density at radius 3 is 2.71 bits per heavy atom. The molecule has 10 heteroatoms. The number of alkyl halides is 3. The highest BCUT2D eigenvalue weighted by atomic mass is 32.1. The second-order valence-electron chi connectivity index (χ2n) is 6.47. The van der Waals surface area contributed by atoms with Crippen molar-refractivity contribution in [3.63, 3.8) is 0 Å². The third-order valence-electron chi connectivity index (χ3n) is 4.39. The maximum atomic E-state index is 13.8. The van der Waals surface area contributed by atoms with Crippen LogP contribution in [0.2, 0.25) is 0 Å². The predicted octanol–water partition coefficient (Wildman–Crippen LogP) is 6.28. The molecule has 0 aliphatic carbocycles. The molecule has 4 aromatic rings. The smallest absolute Gasteiger partial charge is 0.417 e. The minimum absolute atomic E-state index is 0.0295. The van der Waals surface area contributed by atoms with E-state index in [-0.39, 0.29) is 26.5 Å². The number of nitrogens with two attached hydrogens (primary N) is 1. The van der Waals surface area contributed by atoms with Crippen LogP contribution in [-0.2, 0) is 6.18 Å². The summed E-state index contributed by atoms with van der Waals surface area (Å²) in [6, 6.07) is 11.1. The number of benzene rings is 1. The first kappa shape index (κ1) is 21.1. The lowest BCUT2D eigenvalue weighted by atomic mass is 10.1. The van der Waals surface area contributed by atoms with Gasteiger partial charge in [-0.1, -0.05) is 12.1 Å². The van der Waals surface area contributed by atoms with Gasteiger partial charge in [-0.3, -0.25) is 4.79 Å². The second-order valence-corrected chi connectivity index (χ2v) is 8.42. The monoisotopic (exact) mass is 463 g/mol. The number of nitrogens with zero attached hydrogens (tertiary/aromatic N) is 1. The highest BCUT2D eigenvalue weighted by Crippen LogP contribution is 2.44. The molecule has 1 aromatic carbocycles. The molecule has 31 heavy (non-hydrogen) atoms. The van der Waals surface area contributed by atoms with Crippen LogP contribution in [0.15, 0.2) is 47.8 Å². The maximum absolute atomic E-state index is 13.8. The van der Waals surface area contributed by atoms with Gasteiger partial charge >= 0.3 is 6.18 Å². The van der Waals surface area contributed by atoms with Gasteiger partial charge in [0, 0.05) is 17.1 Å². The summed E-state index contributed by atoms with van der Waals surface area (Å²) in [5.74, 6) is -0.0498. The summed E-state index contributed by atoms with van der Waals surface area (Å²) in [6.07, 6.45) is -4.65. The van der Waals surface area contributed by atoms with Gasteiger partial charge in [0.25, 0.3) is 5.91 Å². The van der Waals surface area contributed by atoms with Gasteiger partial charge < -0.3 is 15.8 Å². The lowest BCUT2D eigenvalue weighted by molar-refractivity contribution is -0.136. The Balaban J connectivity index is 1.78. The molecule has 1 amide bonds. The summed E-state index contributed by atoms with van der Waals surface area (Å²) in [5, 5.41) is 4.16. The molecule has 0 saturated carbocycles. The first-order valence-corrected chi connectivity index (χ1v) is 10.9. The average molecular weight is 464 g/mol. The fourth-order valence-electron chi connectivity index (χ4n) is 3.08. The van der Waals surface area contributed by atoms with Crippen LogP contribution in [0.1, 0.15) is 22.2 Å². The molecule has 0 radical (unpaired) electrons. The van der Waals surface area contributed by atoms with E-state index in [1.807, 2.05) is 6.92 Å². The number of pyridine rings is 1. The number of carbonyl (C=O) groups excluding carboxylic acids is 1. The topological polar surface area (TPSA) is 77.2 Å². The van der Waals surface area contributed by atoms with E-state index < -0.39 is 17.6 Å². The molecular formula is C21H16F3N3O2S2. The van der Waals surface area contributed by atoms with Crippen LogP contribution in [0, 0.1) is 0 Å². The summed E-state index contributed by atoms with van der Waals surface area (Å²) in [5.41, 5.74) is 5.50. The second kappa shape index (κ2) is 8.20. The fraction of sp³-hybridized carbons (Fsp3) is 0.143. The van der Waals surface area contributed by atoms with Gasteiger partial charge in [0.15, 0.2) is 0 Å². The number of thiophene rings is 2. The minimum atomic E-state index is -4.65. The Labute approximate surface area is 183 Å². The van der Waals surface area contributed by atoms with Gasteiger partial charge in [0.05, 0.1) is 28.4 Å². The number of carbonyl (C=O) groups is 1. The number of nitrogens with one attached hydrogen (secondary N) is 1. The van der Waals surface area contributed by atoms with Gasteiger partial charge in [0.2, 0.25) is 0 Å². The van der Waals surface area contributed by atoms with E-state index in [1.165, 1.54) is 11.3 Å². The molecule has 0 saturated heterocycles. The zero-order chi connectivity index (χ0) is 22.2. The number of halogens is 3. The molecule has 0 fully saturated rings. The molecule has 5 nitrogen and oxygen atoms in total. The molecule has 3 N–H and O–H groups in total. The van der Waals surface area contributed by atoms with Crippen LogP contribution in [-0.4, -0.2) is 17.5 Å². The zero-order valence-electron chi connectivity index (χ0n) is 16.1. The van der Waals surface area contributed by atoms with Crippen LogP contribution >= 0.6 is 22.7 Å². The van der Waals surface area contributed by atoms with E-state index in [9.17, 15) is 18.0 Å². The molecular weight excluding hydrogens is 447 g/mol. The molecule has 3 aromatic heterocycles. The van der Waals surface area contributed by atoms with Crippen LogP contribution in [0.25, 0.3) is 20.8 Å². The molecule has 3 heterocycles. The number of ether oxygens (including phenoxy) is 1. The highest BCUT2D eigenvalue weighted by molar-refractivity contribution is 7.21. The third kappa shape index (κ3) is 4.21. The lowest BCUT2D eigenvalue weighted by Crippen LogP contribution is -2.12. The number of hydrogen-bond donors (Lipinski definition) is 2. The average Bonchev–Trinajstić information content (AvgIpc) is 3.36. The maximum Gasteiger partial charge on any atom is 0.417 e. The minimum Gasteiger partial charge on any atom is -0.494 e. The first-order valence-electron chi connectivity index (χ1n) is 9.16. The number of fused-ring (bicyclic) bond motifs is 1. The van der Waals surface area contributed by atoms with Crippen molar-refractivity contribution < 1.29 is 22.7 Å². The summed E-state index contributed by atoms with van der Waals surface area (Å²) < 4.78 is 46.8. The summed E-state index contributed by atoms with van der Waals surface area (Å²) >= 11 is 2.11. The molecule has 0 spiro atoms. The highest BCUT2D eigenvalue weighted by Gasteiger charge is 2.36. The predicted molar refractivity (Wildman–Crippen MR) is 118 cm³/mol. The Morgan fingerprint density at radius 1 is 1.23 bits per heavy atom. The zero-order valence-corrected chi connectivity index (χ0v) is 17.8. The van der Waals surface area contributed by atoms with Gasteiger partial charge in [-0.25, -0.2) is 4.98 Å². The van der Waals surface area contributed by atoms with Crippen molar-refractivity contribution in [2.75, 3.05) is 17.7 Å². The van der Waals surface area contributed by atoms with E-state index in [4.69, 9.17) is 10.5 Å². The van der Waals surface area contributed by atoms with E-state index in [0.717, 1.165) is 17.4 Å². The molecule has 0 atom stereocenters. The van der Waals surface area contributed by atoms with E-state index in [2.05, 4.69) is 10.3 Å². The SMILES string of the molecule is CCOc1cccc(NC(=O)c2sc3nc(-c4cccs4)cc(C(F)(F)F)c3c2N)c1. The molecule has 160 valence electrons. The van der Waals surface area contributed by atoms with Crippen LogP contribution in [0.4, 0.5) is 24.5 Å². The lowest BCUT2D eigenvalue weighted by Gasteiger charge is -2.10. The standard InChI is InChI=1S/C21H16F3N3O2S2/c1-2-29-12-6-3-5-11(9-12)26-19(28)18-17(25)16-13(21(22,23)24)10-14(27-20(16)31-18)15-7-4-8-30-15/h3-10H,2,25H2,1H3,(H,26,28). The summed E-state index contributed by atoms with van der Waals surface area (Å²) in [7, 11) is 0. The number of rotatable bonds is 5. The number of anilines is 2. The van der Waals surface area contributed by atoms with E-state index >= 15 is 0 Å². The molecule has 0 unspecified atom stereocenters. The number of aromatic nitrogens is 1. The van der Waals surface area contributed by atoms with Crippen molar-refractivity contribution in [3.05, 3.63) is 58.3 Å². The number of hydrogen-bond acceptors (Lipinski definition) is 6.